The first kappa shape index (κ1) is 26.2. The molecule has 0 aliphatic heterocycles. The van der Waals surface area contributed by atoms with Crippen LogP contribution in [0.5, 0.6) is 0 Å². The second-order valence-electron chi connectivity index (χ2n) is 6.02. The van der Waals surface area contributed by atoms with Crippen LogP contribution in [-0.2, 0) is 15.8 Å². The molecule has 1 unspecified atom stereocenters. The summed E-state index contributed by atoms with van der Waals surface area (Å²) in [5.41, 5.74) is -3.26. The van der Waals surface area contributed by atoms with Crippen LogP contribution >= 0.6 is 7.60 Å². The summed E-state index contributed by atoms with van der Waals surface area (Å²) in [6, 6.07) is 1.58. The Bertz CT molecular complexity index is 801. The quantitative estimate of drug-likeness (QED) is 0.388. The topological polar surface area (TPSA) is 169 Å². The molecule has 160 valence electrons. The Morgan fingerprint density at radius 1 is 1.29 bits per heavy atom. The lowest BCUT2D eigenvalue weighted by molar-refractivity contribution is -0.0356. The van der Waals surface area contributed by atoms with E-state index in [1.54, 1.807) is 6.07 Å². The van der Waals surface area contributed by atoms with Gasteiger partial charge in [0.25, 0.3) is 5.56 Å². The van der Waals surface area contributed by atoms with Gasteiger partial charge in [-0.05, 0) is 26.6 Å². The van der Waals surface area contributed by atoms with Crippen molar-refractivity contribution in [1.29, 1.82) is 5.26 Å². The zero-order chi connectivity index (χ0) is 22.0. The van der Waals surface area contributed by atoms with E-state index in [1.165, 1.54) is 26.6 Å². The van der Waals surface area contributed by atoms with E-state index in [-0.39, 0.29) is 5.56 Å². The second kappa shape index (κ2) is 11.9. The lowest BCUT2D eigenvalue weighted by Gasteiger charge is -2.25. The summed E-state index contributed by atoms with van der Waals surface area (Å²) in [6.07, 6.45) is 0.0714. The van der Waals surface area contributed by atoms with Gasteiger partial charge in [-0.15, -0.1) is 0 Å². The number of aliphatic hydroxyl groups excluding tert-OH is 1. The molecule has 0 spiro atoms. The first-order valence-electron chi connectivity index (χ1n) is 8.70. The van der Waals surface area contributed by atoms with Gasteiger partial charge < -0.3 is 24.5 Å². The van der Waals surface area contributed by atoms with Crippen molar-refractivity contribution in [3.63, 3.8) is 0 Å². The van der Waals surface area contributed by atoms with E-state index in [0.29, 0.717) is 0 Å². The normalized spacial score (nSPS) is 13.4. The van der Waals surface area contributed by atoms with Crippen LogP contribution in [0.4, 0.5) is 0 Å². The minimum atomic E-state index is -4.55. The summed E-state index contributed by atoms with van der Waals surface area (Å²) < 4.78 is 16.5. The number of hydrogen-bond donors (Lipinski definition) is 4. The van der Waals surface area contributed by atoms with E-state index in [4.69, 9.17) is 19.8 Å². The molecule has 1 aromatic rings. The number of H-pyrrole nitrogens is 1. The molecule has 0 saturated carbocycles. The Kier molecular flexibility index (Phi) is 11.1. The van der Waals surface area contributed by atoms with Crippen molar-refractivity contribution in [2.24, 2.45) is 0 Å². The van der Waals surface area contributed by atoms with E-state index in [0.717, 1.165) is 10.8 Å². The monoisotopic (exact) mass is 420 g/mol. The Balaban J connectivity index is 0.000000887. The van der Waals surface area contributed by atoms with Crippen molar-refractivity contribution in [1.82, 2.24) is 14.5 Å². The standard InChI is InChI=1S/C10H14N3O7P.C6H15N/c1-7-2-13(9(16)12-8(7)15)4-10(3-11,5-14)20-6-21(17,18)19;1-4-7(5-2)6-3/h2,14H,4-6H2,1H3,(H,12,15,16)(H2,17,18,19);4-6H2,1-3H3. The molecule has 0 aliphatic carbocycles. The van der Waals surface area contributed by atoms with Crippen molar-refractivity contribution >= 4 is 7.60 Å². The number of aromatic amines is 1. The molecule has 0 bridgehead atoms. The number of hydrogen-bond acceptors (Lipinski definition) is 7. The Labute approximate surface area is 163 Å². The number of aromatic nitrogens is 2. The zero-order valence-corrected chi connectivity index (χ0v) is 17.5. The third kappa shape index (κ3) is 8.93. The fraction of sp³-hybridized carbons (Fsp3) is 0.688. The number of aliphatic hydroxyl groups is 1. The molecule has 1 rings (SSSR count). The molecule has 12 heteroatoms. The Hall–Kier alpha value is -1.80. The average Bonchev–Trinajstić information content (AvgIpc) is 2.64. The highest BCUT2D eigenvalue weighted by atomic mass is 31.2. The lowest BCUT2D eigenvalue weighted by Crippen LogP contribution is -2.44. The van der Waals surface area contributed by atoms with Gasteiger partial charge in [0.15, 0.2) is 11.9 Å². The van der Waals surface area contributed by atoms with Crippen LogP contribution in [0.25, 0.3) is 0 Å². The molecule has 28 heavy (non-hydrogen) atoms. The van der Waals surface area contributed by atoms with E-state index in [1.807, 2.05) is 4.98 Å². The molecule has 1 aromatic heterocycles. The minimum Gasteiger partial charge on any atom is -0.392 e. The lowest BCUT2D eigenvalue weighted by atomic mass is 10.1. The summed E-state index contributed by atoms with van der Waals surface area (Å²) in [7, 11) is -4.55. The summed E-state index contributed by atoms with van der Waals surface area (Å²) in [6.45, 7) is 10.2. The van der Waals surface area contributed by atoms with Gasteiger partial charge in [-0.1, -0.05) is 20.8 Å². The van der Waals surface area contributed by atoms with E-state index in [9.17, 15) is 19.3 Å². The van der Waals surface area contributed by atoms with Crippen LogP contribution in [0.15, 0.2) is 15.8 Å². The summed E-state index contributed by atoms with van der Waals surface area (Å²) in [5, 5.41) is 18.3. The molecule has 0 radical (unpaired) electrons. The van der Waals surface area contributed by atoms with Crippen LogP contribution in [0, 0.1) is 18.3 Å². The largest absolute Gasteiger partial charge is 0.392 e. The van der Waals surface area contributed by atoms with E-state index >= 15 is 0 Å². The van der Waals surface area contributed by atoms with Crippen molar-refractivity contribution in [3.8, 4) is 6.07 Å². The van der Waals surface area contributed by atoms with Gasteiger partial charge in [-0.2, -0.15) is 5.26 Å². The molecular weight excluding hydrogens is 391 g/mol. The average molecular weight is 420 g/mol. The second-order valence-corrected chi connectivity index (χ2v) is 7.61. The summed E-state index contributed by atoms with van der Waals surface area (Å²) in [5.74, 6) is 0. The first-order valence-corrected chi connectivity index (χ1v) is 10.5. The Morgan fingerprint density at radius 2 is 1.82 bits per heavy atom. The molecule has 4 N–H and O–H groups in total. The molecule has 0 saturated heterocycles. The van der Waals surface area contributed by atoms with Gasteiger partial charge in [0, 0.05) is 11.8 Å². The summed E-state index contributed by atoms with van der Waals surface area (Å²) in [4.78, 5) is 44.7. The predicted octanol–water partition coefficient (Wildman–Crippen LogP) is -0.400. The highest BCUT2D eigenvalue weighted by molar-refractivity contribution is 7.51. The Morgan fingerprint density at radius 3 is 2.18 bits per heavy atom. The maximum absolute atomic E-state index is 11.6. The number of nitriles is 1. The third-order valence-corrected chi connectivity index (χ3v) is 4.39. The minimum absolute atomic E-state index is 0.189. The maximum atomic E-state index is 11.6. The van der Waals surface area contributed by atoms with E-state index < -0.39 is 43.9 Å². The van der Waals surface area contributed by atoms with Crippen molar-refractivity contribution in [2.45, 2.75) is 39.8 Å². The van der Waals surface area contributed by atoms with Gasteiger partial charge in [0.1, 0.15) is 6.07 Å². The smallest absolute Gasteiger partial charge is 0.351 e. The molecule has 0 aromatic carbocycles. The van der Waals surface area contributed by atoms with Crippen molar-refractivity contribution in [3.05, 3.63) is 32.6 Å². The number of nitrogens with zero attached hydrogens (tertiary/aromatic N) is 3. The maximum Gasteiger partial charge on any atom is 0.351 e. The van der Waals surface area contributed by atoms with Crippen molar-refractivity contribution < 1.29 is 24.2 Å². The van der Waals surface area contributed by atoms with Crippen LogP contribution in [-0.4, -0.2) is 67.5 Å². The fourth-order valence-corrected chi connectivity index (χ4v) is 2.55. The fourth-order valence-electron chi connectivity index (χ4n) is 2.13. The molecule has 0 aliphatic rings. The van der Waals surface area contributed by atoms with Gasteiger partial charge in [0.2, 0.25) is 0 Å². The van der Waals surface area contributed by atoms with Crippen LogP contribution in [0.1, 0.15) is 26.3 Å². The van der Waals surface area contributed by atoms with Gasteiger partial charge in [-0.25, -0.2) is 4.79 Å². The highest BCUT2D eigenvalue weighted by Crippen LogP contribution is 2.35. The van der Waals surface area contributed by atoms with Gasteiger partial charge in [0.05, 0.1) is 13.2 Å². The highest BCUT2D eigenvalue weighted by Gasteiger charge is 2.34. The SMILES string of the molecule is CCN(CC)CC.Cc1cn(CC(C#N)(CO)OCP(=O)(O)O)c(=O)[nH]c1=O. The van der Waals surface area contributed by atoms with Crippen LogP contribution in [0.3, 0.4) is 0 Å². The summed E-state index contributed by atoms with van der Waals surface area (Å²) >= 11 is 0. The van der Waals surface area contributed by atoms with E-state index in [2.05, 4.69) is 25.7 Å². The first-order chi connectivity index (χ1) is 13.0. The number of rotatable bonds is 9. The number of ether oxygens (including phenoxy) is 1. The van der Waals surface area contributed by atoms with Gasteiger partial charge >= 0.3 is 13.3 Å². The van der Waals surface area contributed by atoms with Crippen molar-refractivity contribution in [2.75, 3.05) is 32.6 Å². The number of nitrogens with one attached hydrogen (secondary N) is 1. The van der Waals surface area contributed by atoms with Crippen LogP contribution < -0.4 is 11.2 Å². The predicted molar refractivity (Wildman–Crippen MR) is 103 cm³/mol. The third-order valence-electron chi connectivity index (χ3n) is 3.92. The molecule has 0 amide bonds. The molecule has 0 fully saturated rings. The molecular formula is C16H29N4O7P. The van der Waals surface area contributed by atoms with Crippen LogP contribution in [0.2, 0.25) is 0 Å². The molecule has 1 heterocycles. The number of aryl methyl sites for hydroxylation is 1. The molecule has 1 atom stereocenters. The zero-order valence-electron chi connectivity index (χ0n) is 16.6. The molecule has 11 nitrogen and oxygen atoms in total. The van der Waals surface area contributed by atoms with Gasteiger partial charge in [-0.3, -0.25) is 18.9 Å².